The van der Waals surface area contributed by atoms with Gasteiger partial charge in [-0.1, -0.05) is 0 Å². The topological polar surface area (TPSA) is 71.0 Å². The molecule has 2 aromatic heterocycles. The van der Waals surface area contributed by atoms with Crippen LogP contribution in [-0.4, -0.2) is 38.8 Å². The second-order valence-corrected chi connectivity index (χ2v) is 7.60. The maximum absolute atomic E-state index is 11.6. The second kappa shape index (κ2) is 7.25. The Balaban J connectivity index is 1.70. The van der Waals surface area contributed by atoms with Crippen LogP contribution in [0.4, 0.5) is 10.9 Å². The van der Waals surface area contributed by atoms with Crippen molar-refractivity contribution in [3.8, 4) is 0 Å². The highest BCUT2D eigenvalue weighted by molar-refractivity contribution is 7.15. The van der Waals surface area contributed by atoms with E-state index in [2.05, 4.69) is 20.3 Å². The van der Waals surface area contributed by atoms with Crippen LogP contribution in [0.15, 0.2) is 12.3 Å². The van der Waals surface area contributed by atoms with Gasteiger partial charge in [0.15, 0.2) is 5.13 Å². The number of amides is 1. The first-order chi connectivity index (χ1) is 11.5. The number of thiazole rings is 1. The number of rotatable bonds is 4. The van der Waals surface area contributed by atoms with Gasteiger partial charge in [0, 0.05) is 42.8 Å². The third-order valence-corrected chi connectivity index (χ3v) is 5.04. The Kier molecular flexibility index (Phi) is 5.08. The molecule has 0 radical (unpaired) electrons. The Hall–Kier alpha value is -2.02. The van der Waals surface area contributed by atoms with Crippen LogP contribution in [0.3, 0.4) is 0 Å². The molecule has 0 aliphatic carbocycles. The fourth-order valence-corrected chi connectivity index (χ4v) is 3.81. The number of anilines is 2. The summed E-state index contributed by atoms with van der Waals surface area (Å²) >= 11 is 1.61. The number of likely N-dealkylation sites (tertiary alicyclic amines) is 1. The molecule has 7 heteroatoms. The molecule has 1 atom stereocenters. The van der Waals surface area contributed by atoms with Crippen LogP contribution in [-0.2, 0) is 11.2 Å². The molecule has 24 heavy (non-hydrogen) atoms. The van der Waals surface area contributed by atoms with Gasteiger partial charge in [0.05, 0.1) is 0 Å². The number of hydrogen-bond acceptors (Lipinski definition) is 6. The lowest BCUT2D eigenvalue weighted by molar-refractivity contribution is -0.130. The predicted molar refractivity (Wildman–Crippen MR) is 95.6 cm³/mol. The fraction of sp³-hybridized carbons (Fsp3) is 0.529. The maximum atomic E-state index is 11.6. The van der Waals surface area contributed by atoms with E-state index < -0.39 is 0 Å². The van der Waals surface area contributed by atoms with Gasteiger partial charge in [-0.15, -0.1) is 11.3 Å². The summed E-state index contributed by atoms with van der Waals surface area (Å²) in [4.78, 5) is 28.0. The highest BCUT2D eigenvalue weighted by Gasteiger charge is 2.22. The molecular formula is C17H23N5OS. The number of nitrogens with zero attached hydrogens (tertiary/aromatic N) is 4. The van der Waals surface area contributed by atoms with Crippen LogP contribution in [0.1, 0.15) is 36.2 Å². The first-order valence-electron chi connectivity index (χ1n) is 8.29. The molecule has 3 rings (SSSR count). The van der Waals surface area contributed by atoms with Gasteiger partial charge in [-0.25, -0.2) is 15.0 Å². The average Bonchev–Trinajstić information content (AvgIpc) is 2.92. The van der Waals surface area contributed by atoms with E-state index >= 15 is 0 Å². The molecule has 1 aliphatic rings. The number of aromatic nitrogens is 3. The average molecular weight is 345 g/mol. The van der Waals surface area contributed by atoms with Gasteiger partial charge in [0.2, 0.25) is 5.91 Å². The summed E-state index contributed by atoms with van der Waals surface area (Å²) in [6, 6.07) is 2.00. The molecule has 6 nitrogen and oxygen atoms in total. The van der Waals surface area contributed by atoms with Crippen molar-refractivity contribution in [2.75, 3.05) is 18.4 Å². The van der Waals surface area contributed by atoms with Crippen LogP contribution < -0.4 is 5.32 Å². The maximum Gasteiger partial charge on any atom is 0.219 e. The second-order valence-electron chi connectivity index (χ2n) is 6.37. The minimum Gasteiger partial charge on any atom is -0.343 e. The normalized spacial score (nSPS) is 17.8. The third kappa shape index (κ3) is 4.29. The Morgan fingerprint density at radius 1 is 1.42 bits per heavy atom. The van der Waals surface area contributed by atoms with Gasteiger partial charge in [-0.3, -0.25) is 4.79 Å². The van der Waals surface area contributed by atoms with Crippen LogP contribution in [0.5, 0.6) is 0 Å². The molecule has 1 N–H and O–H groups in total. The highest BCUT2D eigenvalue weighted by atomic mass is 32.1. The van der Waals surface area contributed by atoms with Crippen molar-refractivity contribution in [3.63, 3.8) is 0 Å². The zero-order valence-electron chi connectivity index (χ0n) is 14.4. The molecule has 2 aromatic rings. The lowest BCUT2D eigenvalue weighted by atomic mass is 9.93. The van der Waals surface area contributed by atoms with E-state index in [1.165, 1.54) is 0 Å². The smallest absolute Gasteiger partial charge is 0.219 e. The first-order valence-corrected chi connectivity index (χ1v) is 9.11. The van der Waals surface area contributed by atoms with E-state index in [-0.39, 0.29) is 5.91 Å². The minimum atomic E-state index is 0.167. The molecule has 1 fully saturated rings. The van der Waals surface area contributed by atoms with E-state index in [4.69, 9.17) is 0 Å². The number of hydrogen-bond donors (Lipinski definition) is 1. The van der Waals surface area contributed by atoms with Crippen molar-refractivity contribution in [2.45, 2.75) is 40.0 Å². The number of carbonyl (C=O) groups is 1. The number of aryl methyl sites for hydroxylation is 2. The summed E-state index contributed by atoms with van der Waals surface area (Å²) in [6.45, 7) is 7.29. The van der Waals surface area contributed by atoms with Crippen molar-refractivity contribution < 1.29 is 4.79 Å². The molecule has 3 heterocycles. The van der Waals surface area contributed by atoms with E-state index in [0.29, 0.717) is 5.92 Å². The summed E-state index contributed by atoms with van der Waals surface area (Å²) in [5.74, 6) is 2.17. The number of piperidine rings is 1. The molecule has 0 aromatic carbocycles. The number of carbonyl (C=O) groups excluding carboxylic acids is 1. The zero-order chi connectivity index (χ0) is 17.1. The predicted octanol–water partition coefficient (Wildman–Crippen LogP) is 3.09. The largest absolute Gasteiger partial charge is 0.343 e. The van der Waals surface area contributed by atoms with Crippen molar-refractivity contribution in [2.24, 2.45) is 5.92 Å². The SMILES string of the molecule is CC(=O)N1CCC[C@@H](Cc2cc(Nc3ncc(C)s3)nc(C)n2)C1. The van der Waals surface area contributed by atoms with E-state index in [9.17, 15) is 4.79 Å². The zero-order valence-corrected chi connectivity index (χ0v) is 15.2. The van der Waals surface area contributed by atoms with Crippen molar-refractivity contribution >= 4 is 28.2 Å². The van der Waals surface area contributed by atoms with Crippen molar-refractivity contribution in [1.82, 2.24) is 19.9 Å². The molecule has 1 saturated heterocycles. The summed E-state index contributed by atoms with van der Waals surface area (Å²) in [5, 5.41) is 4.11. The van der Waals surface area contributed by atoms with Gasteiger partial charge in [-0.05, 0) is 39.0 Å². The van der Waals surface area contributed by atoms with E-state index in [1.807, 2.05) is 31.0 Å². The van der Waals surface area contributed by atoms with Gasteiger partial charge in [-0.2, -0.15) is 0 Å². The Bertz CT molecular complexity index is 730. The van der Waals surface area contributed by atoms with E-state index in [0.717, 1.165) is 59.7 Å². The molecule has 0 bridgehead atoms. The summed E-state index contributed by atoms with van der Waals surface area (Å²) < 4.78 is 0. The molecule has 1 aliphatic heterocycles. The standard InChI is InChI=1S/C17H23N5OS/c1-11-9-18-17(24-11)21-16-8-15(19-12(2)20-16)7-14-5-4-6-22(10-14)13(3)23/h8-9,14H,4-7,10H2,1-3H3,(H,18,19,20,21)/t14-/m0/s1. The van der Waals surface area contributed by atoms with Crippen LogP contribution in [0.25, 0.3) is 0 Å². The monoisotopic (exact) mass is 345 g/mol. The van der Waals surface area contributed by atoms with Gasteiger partial charge in [0.25, 0.3) is 0 Å². The molecular weight excluding hydrogens is 322 g/mol. The van der Waals surface area contributed by atoms with Crippen LogP contribution >= 0.6 is 11.3 Å². The van der Waals surface area contributed by atoms with Crippen LogP contribution in [0, 0.1) is 19.8 Å². The molecule has 128 valence electrons. The van der Waals surface area contributed by atoms with Gasteiger partial charge < -0.3 is 10.2 Å². The highest BCUT2D eigenvalue weighted by Crippen LogP contribution is 2.24. The lowest BCUT2D eigenvalue weighted by Crippen LogP contribution is -2.39. The first kappa shape index (κ1) is 16.8. The molecule has 0 saturated carbocycles. The molecule has 0 unspecified atom stereocenters. The third-order valence-electron chi connectivity index (χ3n) is 4.21. The Labute approximate surface area is 146 Å². The Morgan fingerprint density at radius 3 is 2.96 bits per heavy atom. The van der Waals surface area contributed by atoms with E-state index in [1.54, 1.807) is 18.3 Å². The minimum absolute atomic E-state index is 0.167. The number of nitrogens with one attached hydrogen (secondary N) is 1. The summed E-state index contributed by atoms with van der Waals surface area (Å²) in [5.41, 5.74) is 1.02. The van der Waals surface area contributed by atoms with Gasteiger partial charge >= 0.3 is 0 Å². The quantitative estimate of drug-likeness (QED) is 0.922. The van der Waals surface area contributed by atoms with Crippen molar-refractivity contribution in [3.05, 3.63) is 28.7 Å². The fourth-order valence-electron chi connectivity index (χ4n) is 3.13. The summed E-state index contributed by atoms with van der Waals surface area (Å²) in [6.07, 6.45) is 4.93. The van der Waals surface area contributed by atoms with Crippen LogP contribution in [0.2, 0.25) is 0 Å². The molecule has 1 amide bonds. The van der Waals surface area contributed by atoms with Gasteiger partial charge in [0.1, 0.15) is 11.6 Å². The summed E-state index contributed by atoms with van der Waals surface area (Å²) in [7, 11) is 0. The lowest BCUT2D eigenvalue weighted by Gasteiger charge is -2.32. The Morgan fingerprint density at radius 2 is 2.25 bits per heavy atom. The molecule has 0 spiro atoms. The van der Waals surface area contributed by atoms with Crippen molar-refractivity contribution in [1.29, 1.82) is 0 Å².